The van der Waals surface area contributed by atoms with Crippen molar-refractivity contribution >= 4 is 11.0 Å². The Morgan fingerprint density at radius 3 is 2.67 bits per heavy atom. The molecule has 0 spiro atoms. The molecule has 30 heavy (non-hydrogen) atoms. The predicted molar refractivity (Wildman–Crippen MR) is 111 cm³/mol. The number of aromatic amines is 1. The second-order valence-corrected chi connectivity index (χ2v) is 7.24. The molecule has 1 unspecified atom stereocenters. The van der Waals surface area contributed by atoms with Gasteiger partial charge in [-0.2, -0.15) is 5.10 Å². The Kier molecular flexibility index (Phi) is 4.22. The van der Waals surface area contributed by atoms with Crippen molar-refractivity contribution in [2.75, 3.05) is 7.11 Å². The summed E-state index contributed by atoms with van der Waals surface area (Å²) in [7, 11) is 3.52. The first-order valence-electron chi connectivity index (χ1n) is 9.49. The van der Waals surface area contributed by atoms with Crippen molar-refractivity contribution in [3.05, 3.63) is 72.6 Å². The van der Waals surface area contributed by atoms with Crippen molar-refractivity contribution < 1.29 is 9.15 Å². The van der Waals surface area contributed by atoms with Gasteiger partial charge in [-0.25, -0.2) is 4.98 Å². The maximum atomic E-state index is 6.08. The van der Waals surface area contributed by atoms with Crippen LogP contribution >= 0.6 is 0 Å². The maximum Gasteiger partial charge on any atom is 0.252 e. The van der Waals surface area contributed by atoms with Gasteiger partial charge in [0, 0.05) is 49.3 Å². The van der Waals surface area contributed by atoms with Crippen LogP contribution in [0.3, 0.4) is 0 Å². The first kappa shape index (κ1) is 18.3. The molecule has 1 atom stereocenters. The molecular weight excluding hydrogens is 380 g/mol. The summed E-state index contributed by atoms with van der Waals surface area (Å²) in [6, 6.07) is 11.9. The average Bonchev–Trinajstić information content (AvgIpc) is 3.52. The Morgan fingerprint density at radius 1 is 1.10 bits per heavy atom. The van der Waals surface area contributed by atoms with E-state index in [9.17, 15) is 0 Å². The van der Waals surface area contributed by atoms with E-state index in [1.165, 1.54) is 0 Å². The predicted octanol–water partition coefficient (Wildman–Crippen LogP) is 3.92. The number of pyridine rings is 1. The molecule has 0 saturated carbocycles. The second kappa shape index (κ2) is 6.93. The minimum absolute atomic E-state index is 0.386. The maximum absolute atomic E-state index is 6.08. The Hall–Kier alpha value is -3.78. The van der Waals surface area contributed by atoms with E-state index in [0.29, 0.717) is 11.8 Å². The third-order valence-corrected chi connectivity index (χ3v) is 5.37. The lowest BCUT2D eigenvalue weighted by Crippen LogP contribution is -2.26. The Labute approximate surface area is 172 Å². The van der Waals surface area contributed by atoms with Crippen LogP contribution in [0.1, 0.15) is 18.4 Å². The van der Waals surface area contributed by atoms with Crippen molar-refractivity contribution in [2.45, 2.75) is 12.5 Å². The van der Waals surface area contributed by atoms with Gasteiger partial charge in [-0.05, 0) is 18.6 Å². The molecule has 8 nitrogen and oxygen atoms in total. The van der Waals surface area contributed by atoms with Gasteiger partial charge in [0.25, 0.3) is 5.89 Å². The molecule has 0 saturated heterocycles. The van der Waals surface area contributed by atoms with Gasteiger partial charge < -0.3 is 14.1 Å². The van der Waals surface area contributed by atoms with E-state index >= 15 is 0 Å². The first-order valence-corrected chi connectivity index (χ1v) is 9.49. The normalized spacial score (nSPS) is 13.6. The molecule has 0 radical (unpaired) electrons. The van der Waals surface area contributed by atoms with E-state index < -0.39 is 5.60 Å². The van der Waals surface area contributed by atoms with Gasteiger partial charge in [0.05, 0.1) is 11.8 Å². The lowest BCUT2D eigenvalue weighted by atomic mass is 9.96. The summed E-state index contributed by atoms with van der Waals surface area (Å²) < 4.78 is 13.6. The summed E-state index contributed by atoms with van der Waals surface area (Å²) in [5.74, 6) is 0.789. The summed E-state index contributed by atoms with van der Waals surface area (Å²) in [5, 5.41) is 13.7. The highest BCUT2D eigenvalue weighted by Gasteiger charge is 2.35. The number of aryl methyl sites for hydroxylation is 1. The first-order chi connectivity index (χ1) is 14.6. The van der Waals surface area contributed by atoms with Crippen LogP contribution in [0.15, 0.2) is 65.6 Å². The number of methoxy groups -OCH3 is 1. The molecule has 8 heteroatoms. The lowest BCUT2D eigenvalue weighted by molar-refractivity contribution is 0.0161. The van der Waals surface area contributed by atoms with Crippen molar-refractivity contribution in [1.82, 2.24) is 29.9 Å². The summed E-state index contributed by atoms with van der Waals surface area (Å²) >= 11 is 0. The van der Waals surface area contributed by atoms with Gasteiger partial charge in [-0.15, -0.1) is 10.2 Å². The summed E-state index contributed by atoms with van der Waals surface area (Å²) in [6.07, 6.45) is 7.40. The zero-order valence-corrected chi connectivity index (χ0v) is 16.8. The molecule has 0 fully saturated rings. The van der Waals surface area contributed by atoms with E-state index in [1.54, 1.807) is 11.8 Å². The van der Waals surface area contributed by atoms with Crippen LogP contribution in [0, 0.1) is 0 Å². The Morgan fingerprint density at radius 2 is 1.93 bits per heavy atom. The van der Waals surface area contributed by atoms with Gasteiger partial charge in [0.2, 0.25) is 5.89 Å². The second-order valence-electron chi connectivity index (χ2n) is 7.24. The van der Waals surface area contributed by atoms with E-state index in [2.05, 4.69) is 25.3 Å². The van der Waals surface area contributed by atoms with Crippen molar-refractivity contribution in [2.24, 2.45) is 7.05 Å². The number of H-pyrrole nitrogens is 1. The van der Waals surface area contributed by atoms with Gasteiger partial charge in [0.1, 0.15) is 5.65 Å². The lowest BCUT2D eigenvalue weighted by Gasteiger charge is -2.24. The largest absolute Gasteiger partial charge is 0.417 e. The fourth-order valence-corrected chi connectivity index (χ4v) is 3.52. The van der Waals surface area contributed by atoms with E-state index in [1.807, 2.05) is 75.2 Å². The Bertz CT molecular complexity index is 1320. The minimum atomic E-state index is -0.849. The topological polar surface area (TPSA) is 94.7 Å². The monoisotopic (exact) mass is 400 g/mol. The van der Waals surface area contributed by atoms with Crippen LogP contribution in [-0.2, 0) is 17.4 Å². The molecule has 0 amide bonds. The highest BCUT2D eigenvalue weighted by molar-refractivity contribution is 5.93. The summed E-state index contributed by atoms with van der Waals surface area (Å²) in [5.41, 5.74) is 3.56. The molecule has 0 bridgehead atoms. The molecule has 0 aliphatic heterocycles. The van der Waals surface area contributed by atoms with E-state index in [4.69, 9.17) is 9.15 Å². The SMILES string of the molecule is COC(C)(c1ccccc1)c1nnc(-c2c[nH]c3ncc(-c4cnn(C)c4)cc23)o1. The third kappa shape index (κ3) is 2.89. The highest BCUT2D eigenvalue weighted by atomic mass is 16.5. The summed E-state index contributed by atoms with van der Waals surface area (Å²) in [4.78, 5) is 7.70. The van der Waals surface area contributed by atoms with Gasteiger partial charge in [-0.1, -0.05) is 30.3 Å². The molecule has 4 aromatic heterocycles. The van der Waals surface area contributed by atoms with Crippen LogP contribution in [0.25, 0.3) is 33.6 Å². The Balaban J connectivity index is 1.58. The fourth-order valence-electron chi connectivity index (χ4n) is 3.52. The molecular formula is C22H20N6O2. The van der Waals surface area contributed by atoms with Gasteiger partial charge in [0.15, 0.2) is 5.60 Å². The molecule has 4 heterocycles. The van der Waals surface area contributed by atoms with Crippen LogP contribution in [0.2, 0.25) is 0 Å². The van der Waals surface area contributed by atoms with Crippen LogP contribution in [0.4, 0.5) is 0 Å². The van der Waals surface area contributed by atoms with Gasteiger partial charge in [-0.3, -0.25) is 4.68 Å². The number of ether oxygens (including phenoxy) is 1. The number of fused-ring (bicyclic) bond motifs is 1. The molecule has 0 aliphatic rings. The number of benzene rings is 1. The molecule has 150 valence electrons. The minimum Gasteiger partial charge on any atom is -0.417 e. The smallest absolute Gasteiger partial charge is 0.252 e. The zero-order valence-electron chi connectivity index (χ0n) is 16.8. The molecule has 0 aliphatic carbocycles. The average molecular weight is 400 g/mol. The quantitative estimate of drug-likeness (QED) is 0.480. The highest BCUT2D eigenvalue weighted by Crippen LogP contribution is 2.35. The standard InChI is InChI=1S/C22H20N6O2/c1-22(29-3,16-7-5-4-6-8-16)21-27-26-20(30-21)18-12-24-19-17(18)9-14(10-23-19)15-11-25-28(2)13-15/h4-13H,1-3H3,(H,23,24). The van der Waals surface area contributed by atoms with Crippen molar-refractivity contribution in [3.8, 4) is 22.6 Å². The number of aromatic nitrogens is 6. The van der Waals surface area contributed by atoms with E-state index in [0.717, 1.165) is 33.3 Å². The molecule has 5 rings (SSSR count). The molecule has 1 N–H and O–H groups in total. The fraction of sp³-hybridized carbons (Fsp3) is 0.182. The van der Waals surface area contributed by atoms with Crippen molar-refractivity contribution in [3.63, 3.8) is 0 Å². The van der Waals surface area contributed by atoms with E-state index in [-0.39, 0.29) is 0 Å². The number of hydrogen-bond acceptors (Lipinski definition) is 6. The van der Waals surface area contributed by atoms with Crippen LogP contribution < -0.4 is 0 Å². The van der Waals surface area contributed by atoms with Crippen LogP contribution in [-0.4, -0.2) is 37.1 Å². The van der Waals surface area contributed by atoms with Crippen molar-refractivity contribution in [1.29, 1.82) is 0 Å². The molecule has 5 aromatic rings. The number of nitrogens with one attached hydrogen (secondary N) is 1. The summed E-state index contributed by atoms with van der Waals surface area (Å²) in [6.45, 7) is 1.91. The van der Waals surface area contributed by atoms with Gasteiger partial charge >= 0.3 is 0 Å². The number of hydrogen-bond donors (Lipinski definition) is 1. The third-order valence-electron chi connectivity index (χ3n) is 5.37. The van der Waals surface area contributed by atoms with Crippen LogP contribution in [0.5, 0.6) is 0 Å². The molecule has 1 aromatic carbocycles. The zero-order chi connectivity index (χ0) is 20.7. The number of rotatable bonds is 5. The number of nitrogens with zero attached hydrogens (tertiary/aromatic N) is 5.